The number of carbonyl (C=O) groups is 1. The van der Waals surface area contributed by atoms with Crippen LogP contribution in [0, 0.1) is 13.8 Å². The Bertz CT molecular complexity index is 768. The van der Waals surface area contributed by atoms with Crippen molar-refractivity contribution < 1.29 is 14.3 Å². The molecule has 0 unspecified atom stereocenters. The number of benzene rings is 2. The van der Waals surface area contributed by atoms with Gasteiger partial charge in [-0.25, -0.2) is 0 Å². The number of nitrogens with one attached hydrogen (secondary N) is 1. The Labute approximate surface area is 161 Å². The predicted octanol–water partition coefficient (Wildman–Crippen LogP) is 3.22. The van der Waals surface area contributed by atoms with Crippen LogP contribution in [0.25, 0.3) is 0 Å². The van der Waals surface area contributed by atoms with Crippen LogP contribution in [0.5, 0.6) is 5.75 Å². The zero-order valence-electron chi connectivity index (χ0n) is 16.3. The summed E-state index contributed by atoms with van der Waals surface area (Å²) in [6, 6.07) is 14.3. The molecule has 0 radical (unpaired) electrons. The van der Waals surface area contributed by atoms with Crippen LogP contribution in [-0.4, -0.2) is 38.3 Å². The van der Waals surface area contributed by atoms with E-state index >= 15 is 0 Å². The molecule has 0 aliphatic carbocycles. The Balaban J connectivity index is 1.50. The summed E-state index contributed by atoms with van der Waals surface area (Å²) in [5, 5.41) is 2.95. The number of amides is 1. The van der Waals surface area contributed by atoms with Gasteiger partial charge in [-0.05, 0) is 50.1 Å². The summed E-state index contributed by atoms with van der Waals surface area (Å²) in [5.74, 6) is 0.630. The van der Waals surface area contributed by atoms with Crippen LogP contribution in [0.3, 0.4) is 0 Å². The summed E-state index contributed by atoms with van der Waals surface area (Å²) in [6.45, 7) is 9.68. The highest BCUT2D eigenvalue weighted by Gasteiger charge is 2.16. The van der Waals surface area contributed by atoms with Gasteiger partial charge in [-0.3, -0.25) is 4.79 Å². The average molecular weight is 368 g/mol. The smallest absolute Gasteiger partial charge is 0.261 e. The molecule has 1 aliphatic rings. The molecule has 144 valence electrons. The highest BCUT2D eigenvalue weighted by atomic mass is 16.5. The number of aryl methyl sites for hydroxylation is 2. The minimum absolute atomic E-state index is 0.118. The molecule has 3 rings (SSSR count). The molecular formula is C22H28N2O3. The van der Waals surface area contributed by atoms with Crippen molar-refractivity contribution in [3.05, 3.63) is 59.2 Å². The maximum Gasteiger partial charge on any atom is 0.261 e. The maximum atomic E-state index is 12.4. The van der Waals surface area contributed by atoms with Crippen LogP contribution in [0.15, 0.2) is 42.5 Å². The molecule has 0 spiro atoms. The largest absolute Gasteiger partial charge is 0.481 e. The molecule has 27 heavy (non-hydrogen) atoms. The van der Waals surface area contributed by atoms with Crippen molar-refractivity contribution in [3.63, 3.8) is 0 Å². The van der Waals surface area contributed by atoms with Gasteiger partial charge in [0.15, 0.2) is 6.10 Å². The molecule has 1 fully saturated rings. The second kappa shape index (κ2) is 8.91. The summed E-state index contributed by atoms with van der Waals surface area (Å²) in [5.41, 5.74) is 4.48. The molecule has 1 amide bonds. The lowest BCUT2D eigenvalue weighted by Gasteiger charge is -2.28. The molecule has 1 atom stereocenters. The van der Waals surface area contributed by atoms with E-state index in [0.29, 0.717) is 6.54 Å². The van der Waals surface area contributed by atoms with Gasteiger partial charge in [0.25, 0.3) is 5.91 Å². The molecular weight excluding hydrogens is 340 g/mol. The van der Waals surface area contributed by atoms with Crippen molar-refractivity contribution in [1.82, 2.24) is 5.32 Å². The Morgan fingerprint density at radius 2 is 1.85 bits per heavy atom. The van der Waals surface area contributed by atoms with E-state index in [-0.39, 0.29) is 5.91 Å². The molecule has 1 saturated heterocycles. The molecule has 1 aliphatic heterocycles. The molecule has 2 aromatic carbocycles. The summed E-state index contributed by atoms with van der Waals surface area (Å²) in [4.78, 5) is 14.7. The third kappa shape index (κ3) is 5.23. The lowest BCUT2D eigenvalue weighted by molar-refractivity contribution is -0.127. The van der Waals surface area contributed by atoms with Crippen molar-refractivity contribution in [3.8, 4) is 5.75 Å². The molecule has 5 heteroatoms. The summed E-state index contributed by atoms with van der Waals surface area (Å²) in [7, 11) is 0. The number of rotatable bonds is 6. The van der Waals surface area contributed by atoms with Crippen LogP contribution in [0.4, 0.5) is 5.69 Å². The molecule has 5 nitrogen and oxygen atoms in total. The monoisotopic (exact) mass is 368 g/mol. The van der Waals surface area contributed by atoms with E-state index < -0.39 is 6.10 Å². The van der Waals surface area contributed by atoms with Crippen molar-refractivity contribution in [2.45, 2.75) is 33.4 Å². The zero-order valence-corrected chi connectivity index (χ0v) is 16.3. The standard InChI is InChI=1S/C22H28N2O3/c1-16-4-9-21(17(2)14-16)27-18(3)22(25)23-15-19-5-7-20(8-6-19)24-10-12-26-13-11-24/h4-9,14,18H,10-13,15H2,1-3H3,(H,23,25)/t18-/m0/s1. The second-order valence-corrected chi connectivity index (χ2v) is 7.01. The molecule has 2 aromatic rings. The number of ether oxygens (including phenoxy) is 2. The topological polar surface area (TPSA) is 50.8 Å². The van der Waals surface area contributed by atoms with Gasteiger partial charge in [-0.1, -0.05) is 29.8 Å². The predicted molar refractivity (Wildman–Crippen MR) is 107 cm³/mol. The highest BCUT2D eigenvalue weighted by Crippen LogP contribution is 2.20. The van der Waals surface area contributed by atoms with Crippen LogP contribution in [0.1, 0.15) is 23.6 Å². The van der Waals surface area contributed by atoms with E-state index in [2.05, 4.69) is 40.5 Å². The molecule has 1 N–H and O–H groups in total. The molecule has 0 aromatic heterocycles. The molecule has 1 heterocycles. The van der Waals surface area contributed by atoms with Crippen molar-refractivity contribution >= 4 is 11.6 Å². The number of hydrogen-bond donors (Lipinski definition) is 1. The van der Waals surface area contributed by atoms with E-state index in [1.165, 1.54) is 11.3 Å². The highest BCUT2D eigenvalue weighted by molar-refractivity contribution is 5.80. The summed E-state index contributed by atoms with van der Waals surface area (Å²) < 4.78 is 11.2. The van der Waals surface area contributed by atoms with E-state index in [9.17, 15) is 4.79 Å². The van der Waals surface area contributed by atoms with Crippen LogP contribution < -0.4 is 15.0 Å². The number of anilines is 1. The number of hydrogen-bond acceptors (Lipinski definition) is 4. The van der Waals surface area contributed by atoms with E-state index in [1.807, 2.05) is 26.0 Å². The first-order valence-corrected chi connectivity index (χ1v) is 9.46. The van der Waals surface area contributed by atoms with Crippen LogP contribution >= 0.6 is 0 Å². The first-order valence-electron chi connectivity index (χ1n) is 9.46. The first kappa shape index (κ1) is 19.2. The lowest BCUT2D eigenvalue weighted by atomic mass is 10.1. The van der Waals surface area contributed by atoms with E-state index in [1.54, 1.807) is 6.92 Å². The van der Waals surface area contributed by atoms with Gasteiger partial charge in [-0.15, -0.1) is 0 Å². The Morgan fingerprint density at radius 1 is 1.15 bits per heavy atom. The Hall–Kier alpha value is -2.53. The van der Waals surface area contributed by atoms with Crippen molar-refractivity contribution in [2.24, 2.45) is 0 Å². The van der Waals surface area contributed by atoms with E-state index in [0.717, 1.165) is 43.2 Å². The number of morpholine rings is 1. The second-order valence-electron chi connectivity index (χ2n) is 7.01. The van der Waals surface area contributed by atoms with Crippen LogP contribution in [0.2, 0.25) is 0 Å². The van der Waals surface area contributed by atoms with Gasteiger partial charge in [0.1, 0.15) is 5.75 Å². The van der Waals surface area contributed by atoms with Gasteiger partial charge < -0.3 is 19.7 Å². The van der Waals surface area contributed by atoms with Gasteiger partial charge in [0.2, 0.25) is 0 Å². The van der Waals surface area contributed by atoms with E-state index in [4.69, 9.17) is 9.47 Å². The normalized spacial score (nSPS) is 15.3. The quantitative estimate of drug-likeness (QED) is 0.851. The third-order valence-corrected chi connectivity index (χ3v) is 4.78. The van der Waals surface area contributed by atoms with Crippen molar-refractivity contribution in [2.75, 3.05) is 31.2 Å². The minimum Gasteiger partial charge on any atom is -0.481 e. The van der Waals surface area contributed by atoms with Crippen molar-refractivity contribution in [1.29, 1.82) is 0 Å². The number of nitrogens with zero attached hydrogens (tertiary/aromatic N) is 1. The lowest BCUT2D eigenvalue weighted by Crippen LogP contribution is -2.36. The maximum absolute atomic E-state index is 12.4. The fraction of sp³-hybridized carbons (Fsp3) is 0.409. The van der Waals surface area contributed by atoms with Crippen LogP contribution in [-0.2, 0) is 16.1 Å². The fourth-order valence-electron chi connectivity index (χ4n) is 3.15. The van der Waals surface area contributed by atoms with Gasteiger partial charge >= 0.3 is 0 Å². The average Bonchev–Trinajstić information content (AvgIpc) is 2.69. The summed E-state index contributed by atoms with van der Waals surface area (Å²) in [6.07, 6.45) is -0.543. The Kier molecular flexibility index (Phi) is 6.35. The van der Waals surface area contributed by atoms with Gasteiger partial charge in [-0.2, -0.15) is 0 Å². The third-order valence-electron chi connectivity index (χ3n) is 4.78. The molecule has 0 bridgehead atoms. The Morgan fingerprint density at radius 3 is 2.52 bits per heavy atom. The fourth-order valence-corrected chi connectivity index (χ4v) is 3.15. The molecule has 0 saturated carbocycles. The van der Waals surface area contributed by atoms with Gasteiger partial charge in [0, 0.05) is 25.3 Å². The number of carbonyl (C=O) groups excluding carboxylic acids is 1. The zero-order chi connectivity index (χ0) is 19.2. The minimum atomic E-state index is -0.543. The summed E-state index contributed by atoms with van der Waals surface area (Å²) >= 11 is 0. The van der Waals surface area contributed by atoms with Gasteiger partial charge in [0.05, 0.1) is 13.2 Å². The SMILES string of the molecule is Cc1ccc(O[C@@H](C)C(=O)NCc2ccc(N3CCOCC3)cc2)c(C)c1. The first-order chi connectivity index (χ1) is 13.0.